The lowest BCUT2D eigenvalue weighted by atomic mass is 10.2. The summed E-state index contributed by atoms with van der Waals surface area (Å²) in [6.07, 6.45) is 1.16. The molecule has 0 aliphatic rings. The first-order chi connectivity index (χ1) is 7.19. The van der Waals surface area contributed by atoms with Gasteiger partial charge in [-0.05, 0) is 19.9 Å². The molecule has 0 saturated heterocycles. The minimum Gasteiger partial charge on any atom is -0.383 e. The lowest BCUT2D eigenvalue weighted by molar-refractivity contribution is 0.0663. The molecule has 0 aromatic rings. The number of nitrogens with zero attached hydrogens (tertiary/aromatic N) is 1. The Labute approximate surface area is 93.7 Å². The van der Waals surface area contributed by atoms with Gasteiger partial charge in [0.25, 0.3) is 0 Å². The van der Waals surface area contributed by atoms with E-state index in [2.05, 4.69) is 18.7 Å². The van der Waals surface area contributed by atoms with Crippen molar-refractivity contribution in [3.8, 4) is 0 Å². The van der Waals surface area contributed by atoms with Crippen LogP contribution >= 0.6 is 0 Å². The topological polar surface area (TPSA) is 47.7 Å². The molecule has 0 spiro atoms. The van der Waals surface area contributed by atoms with Crippen molar-refractivity contribution in [2.24, 2.45) is 5.73 Å². The minimum atomic E-state index is 0.175. The number of ether oxygens (including phenoxy) is 2. The van der Waals surface area contributed by atoms with Crippen molar-refractivity contribution < 1.29 is 9.47 Å². The first kappa shape index (κ1) is 14.8. The SMILES string of the molecule is CCN(CCC(CN)OC)C(C)COC. The molecule has 0 rings (SSSR count). The Morgan fingerprint density at radius 1 is 1.33 bits per heavy atom. The van der Waals surface area contributed by atoms with Crippen LogP contribution in [0.5, 0.6) is 0 Å². The first-order valence-corrected chi connectivity index (χ1v) is 5.65. The molecule has 0 amide bonds. The molecule has 0 aromatic carbocycles. The van der Waals surface area contributed by atoms with Crippen molar-refractivity contribution in [2.75, 3.05) is 40.5 Å². The van der Waals surface area contributed by atoms with Gasteiger partial charge in [-0.1, -0.05) is 6.92 Å². The van der Waals surface area contributed by atoms with Gasteiger partial charge in [0.15, 0.2) is 0 Å². The maximum absolute atomic E-state index is 5.58. The summed E-state index contributed by atoms with van der Waals surface area (Å²) in [5.74, 6) is 0. The van der Waals surface area contributed by atoms with Crippen LogP contribution in [0.25, 0.3) is 0 Å². The summed E-state index contributed by atoms with van der Waals surface area (Å²) in [6, 6.07) is 0.454. The minimum absolute atomic E-state index is 0.175. The summed E-state index contributed by atoms with van der Waals surface area (Å²) in [5.41, 5.74) is 5.58. The van der Waals surface area contributed by atoms with Gasteiger partial charge in [-0.2, -0.15) is 0 Å². The summed E-state index contributed by atoms with van der Waals surface area (Å²) in [4.78, 5) is 2.38. The lowest BCUT2D eigenvalue weighted by Crippen LogP contribution is -2.39. The Hall–Kier alpha value is -0.160. The van der Waals surface area contributed by atoms with E-state index in [1.165, 1.54) is 0 Å². The summed E-state index contributed by atoms with van der Waals surface area (Å²) in [6.45, 7) is 7.75. The molecule has 2 N–H and O–H groups in total. The second kappa shape index (κ2) is 9.09. The normalized spacial score (nSPS) is 15.6. The molecule has 2 atom stereocenters. The van der Waals surface area contributed by atoms with E-state index in [0.29, 0.717) is 12.6 Å². The highest BCUT2D eigenvalue weighted by atomic mass is 16.5. The number of likely N-dealkylation sites (N-methyl/N-ethyl adjacent to an activating group) is 1. The van der Waals surface area contributed by atoms with E-state index < -0.39 is 0 Å². The average Bonchev–Trinajstić information content (AvgIpc) is 2.25. The Morgan fingerprint density at radius 3 is 2.40 bits per heavy atom. The van der Waals surface area contributed by atoms with Crippen molar-refractivity contribution in [3.63, 3.8) is 0 Å². The standard InChI is InChI=1S/C11H26N2O2/c1-5-13(10(2)9-14-3)7-6-11(8-12)15-4/h10-11H,5-9,12H2,1-4H3. The molecule has 0 heterocycles. The third-order valence-corrected chi connectivity index (χ3v) is 2.77. The molecule has 0 aliphatic carbocycles. The fourth-order valence-electron chi connectivity index (χ4n) is 1.68. The maximum atomic E-state index is 5.58. The van der Waals surface area contributed by atoms with Gasteiger partial charge in [0.1, 0.15) is 0 Å². The molecule has 0 aliphatic heterocycles. The molecule has 0 radical (unpaired) electrons. The van der Waals surface area contributed by atoms with Gasteiger partial charge < -0.3 is 15.2 Å². The highest BCUT2D eigenvalue weighted by molar-refractivity contribution is 4.68. The van der Waals surface area contributed by atoms with Gasteiger partial charge in [0.05, 0.1) is 12.7 Å². The summed E-state index contributed by atoms with van der Waals surface area (Å²) < 4.78 is 10.4. The average molecular weight is 218 g/mol. The lowest BCUT2D eigenvalue weighted by Gasteiger charge is -2.28. The van der Waals surface area contributed by atoms with Gasteiger partial charge in [-0.15, -0.1) is 0 Å². The number of nitrogens with two attached hydrogens (primary N) is 1. The van der Waals surface area contributed by atoms with E-state index in [9.17, 15) is 0 Å². The van der Waals surface area contributed by atoms with Crippen LogP contribution in [0.3, 0.4) is 0 Å². The van der Waals surface area contributed by atoms with E-state index >= 15 is 0 Å². The van der Waals surface area contributed by atoms with Crippen LogP contribution in [0, 0.1) is 0 Å². The van der Waals surface area contributed by atoms with Gasteiger partial charge in [0, 0.05) is 33.4 Å². The number of rotatable bonds is 9. The second-order valence-corrected chi connectivity index (χ2v) is 3.82. The van der Waals surface area contributed by atoms with Crippen molar-refractivity contribution in [2.45, 2.75) is 32.4 Å². The molecule has 4 nitrogen and oxygen atoms in total. The van der Waals surface area contributed by atoms with Gasteiger partial charge in [-0.3, -0.25) is 4.90 Å². The highest BCUT2D eigenvalue weighted by Gasteiger charge is 2.13. The molecular formula is C11H26N2O2. The van der Waals surface area contributed by atoms with Crippen molar-refractivity contribution in [1.82, 2.24) is 4.90 Å². The van der Waals surface area contributed by atoms with Crippen molar-refractivity contribution >= 4 is 0 Å². The molecule has 0 bridgehead atoms. The second-order valence-electron chi connectivity index (χ2n) is 3.82. The molecule has 4 heteroatoms. The fourth-order valence-corrected chi connectivity index (χ4v) is 1.68. The van der Waals surface area contributed by atoms with Crippen LogP contribution in [0.15, 0.2) is 0 Å². The van der Waals surface area contributed by atoms with Crippen molar-refractivity contribution in [3.05, 3.63) is 0 Å². The zero-order chi connectivity index (χ0) is 11.7. The van der Waals surface area contributed by atoms with Crippen molar-refractivity contribution in [1.29, 1.82) is 0 Å². The molecule has 2 unspecified atom stereocenters. The predicted molar refractivity (Wildman–Crippen MR) is 63.1 cm³/mol. The quantitative estimate of drug-likeness (QED) is 0.619. The molecule has 15 heavy (non-hydrogen) atoms. The van der Waals surface area contributed by atoms with Crippen LogP contribution in [-0.2, 0) is 9.47 Å². The summed E-state index contributed by atoms with van der Waals surface area (Å²) in [5, 5.41) is 0. The predicted octanol–water partition coefficient (Wildman–Crippen LogP) is 0.707. The van der Waals surface area contributed by atoms with Crippen LogP contribution < -0.4 is 5.73 Å². The zero-order valence-electron chi connectivity index (χ0n) is 10.5. The fraction of sp³-hybridized carbons (Fsp3) is 1.00. The Balaban J connectivity index is 3.87. The zero-order valence-corrected chi connectivity index (χ0v) is 10.5. The molecule has 92 valence electrons. The molecule has 0 aromatic heterocycles. The van der Waals surface area contributed by atoms with Gasteiger partial charge in [-0.25, -0.2) is 0 Å². The highest BCUT2D eigenvalue weighted by Crippen LogP contribution is 2.03. The van der Waals surface area contributed by atoms with Gasteiger partial charge in [0.2, 0.25) is 0 Å². The molecule has 0 saturated carbocycles. The smallest absolute Gasteiger partial charge is 0.0705 e. The Kier molecular flexibility index (Phi) is 9.00. The number of hydrogen-bond donors (Lipinski definition) is 1. The van der Waals surface area contributed by atoms with E-state index in [4.69, 9.17) is 15.2 Å². The van der Waals surface area contributed by atoms with E-state index in [-0.39, 0.29) is 6.10 Å². The summed E-state index contributed by atoms with van der Waals surface area (Å²) >= 11 is 0. The number of methoxy groups -OCH3 is 2. The largest absolute Gasteiger partial charge is 0.383 e. The third-order valence-electron chi connectivity index (χ3n) is 2.77. The summed E-state index contributed by atoms with van der Waals surface area (Å²) in [7, 11) is 3.45. The maximum Gasteiger partial charge on any atom is 0.0705 e. The third kappa shape index (κ3) is 6.10. The Bertz CT molecular complexity index is 141. The first-order valence-electron chi connectivity index (χ1n) is 5.65. The molecule has 0 fully saturated rings. The Morgan fingerprint density at radius 2 is 2.00 bits per heavy atom. The van der Waals surface area contributed by atoms with Gasteiger partial charge >= 0.3 is 0 Å². The van der Waals surface area contributed by atoms with Crippen LogP contribution in [0.1, 0.15) is 20.3 Å². The van der Waals surface area contributed by atoms with E-state index in [1.54, 1.807) is 14.2 Å². The van der Waals surface area contributed by atoms with E-state index in [0.717, 1.165) is 26.1 Å². The number of hydrogen-bond acceptors (Lipinski definition) is 4. The van der Waals surface area contributed by atoms with Crippen LogP contribution in [0.2, 0.25) is 0 Å². The van der Waals surface area contributed by atoms with Crippen LogP contribution in [0.4, 0.5) is 0 Å². The monoisotopic (exact) mass is 218 g/mol. The van der Waals surface area contributed by atoms with Crippen LogP contribution in [-0.4, -0.2) is 57.5 Å². The van der Waals surface area contributed by atoms with E-state index in [1.807, 2.05) is 0 Å². The molecular weight excluding hydrogens is 192 g/mol.